The van der Waals surface area contributed by atoms with Crippen LogP contribution in [0.15, 0.2) is 0 Å². The molecule has 1 atom stereocenters. The van der Waals surface area contributed by atoms with Gasteiger partial charge in [0, 0.05) is 32.1 Å². The van der Waals surface area contributed by atoms with Crippen molar-refractivity contribution in [1.82, 2.24) is 25.0 Å². The zero-order chi connectivity index (χ0) is 17.1. The largest absolute Gasteiger partial charge is 0.356 e. The van der Waals surface area contributed by atoms with Crippen LogP contribution in [0.2, 0.25) is 0 Å². The summed E-state index contributed by atoms with van der Waals surface area (Å²) in [6.45, 7) is 5.74. The Labute approximate surface area is 142 Å². The van der Waals surface area contributed by atoms with E-state index in [2.05, 4.69) is 15.4 Å². The molecule has 1 N–H and O–H groups in total. The van der Waals surface area contributed by atoms with Gasteiger partial charge in [-0.3, -0.25) is 14.3 Å². The second-order valence-corrected chi connectivity index (χ2v) is 6.96. The van der Waals surface area contributed by atoms with Crippen molar-refractivity contribution in [2.24, 2.45) is 5.92 Å². The molecule has 1 aliphatic carbocycles. The van der Waals surface area contributed by atoms with Crippen molar-refractivity contribution in [2.75, 3.05) is 13.1 Å². The maximum Gasteiger partial charge on any atom is 0.225 e. The van der Waals surface area contributed by atoms with E-state index in [0.717, 1.165) is 37.5 Å². The minimum absolute atomic E-state index is 0.00957. The molecule has 0 unspecified atom stereocenters. The van der Waals surface area contributed by atoms with Crippen LogP contribution >= 0.6 is 0 Å². The zero-order valence-corrected chi connectivity index (χ0v) is 14.6. The fourth-order valence-electron chi connectivity index (χ4n) is 3.83. The van der Waals surface area contributed by atoms with Gasteiger partial charge in [-0.1, -0.05) is 12.8 Å². The van der Waals surface area contributed by atoms with Gasteiger partial charge >= 0.3 is 0 Å². The highest BCUT2D eigenvalue weighted by molar-refractivity contribution is 5.89. The first kappa shape index (κ1) is 16.9. The lowest BCUT2D eigenvalue weighted by molar-refractivity contribution is -0.130. The van der Waals surface area contributed by atoms with Crippen LogP contribution in [0.25, 0.3) is 0 Å². The Kier molecular flexibility index (Phi) is 5.16. The Hall–Kier alpha value is -1.92. The molecule has 0 radical (unpaired) electrons. The maximum atomic E-state index is 12.3. The predicted octanol–water partition coefficient (Wildman–Crippen LogP) is 1.19. The summed E-state index contributed by atoms with van der Waals surface area (Å²) in [5, 5.41) is 7.28. The van der Waals surface area contributed by atoms with E-state index in [4.69, 9.17) is 0 Å². The average molecular weight is 333 g/mol. The number of nitrogens with zero attached hydrogens (tertiary/aromatic N) is 4. The van der Waals surface area contributed by atoms with E-state index >= 15 is 0 Å². The average Bonchev–Trinajstić information content (AvgIpc) is 3.24. The van der Waals surface area contributed by atoms with Crippen molar-refractivity contribution in [3.8, 4) is 0 Å². The molecule has 1 aliphatic heterocycles. The maximum absolute atomic E-state index is 12.3. The molecule has 1 aromatic heterocycles. The van der Waals surface area contributed by atoms with E-state index in [0.29, 0.717) is 25.6 Å². The summed E-state index contributed by atoms with van der Waals surface area (Å²) in [6.07, 6.45) is 5.76. The fourth-order valence-corrected chi connectivity index (χ4v) is 3.83. The second-order valence-electron chi connectivity index (χ2n) is 6.96. The van der Waals surface area contributed by atoms with Gasteiger partial charge in [-0.05, 0) is 33.1 Å². The molecule has 0 spiro atoms. The number of amides is 2. The first-order valence-corrected chi connectivity index (χ1v) is 9.00. The molecule has 7 nitrogen and oxygen atoms in total. The molecule has 1 aromatic rings. The highest BCUT2D eigenvalue weighted by atomic mass is 16.2. The summed E-state index contributed by atoms with van der Waals surface area (Å²) < 4.78 is 1.86. The van der Waals surface area contributed by atoms with Crippen molar-refractivity contribution in [3.63, 3.8) is 0 Å². The lowest BCUT2D eigenvalue weighted by Crippen LogP contribution is -2.37. The van der Waals surface area contributed by atoms with Gasteiger partial charge in [0.05, 0.1) is 5.92 Å². The Morgan fingerprint density at radius 2 is 2.04 bits per heavy atom. The Balaban J connectivity index is 1.41. The molecular weight excluding hydrogens is 306 g/mol. The van der Waals surface area contributed by atoms with Crippen molar-refractivity contribution in [3.05, 3.63) is 11.6 Å². The Bertz CT molecular complexity index is 606. The van der Waals surface area contributed by atoms with E-state index in [1.165, 1.54) is 12.8 Å². The Morgan fingerprint density at radius 1 is 1.29 bits per heavy atom. The van der Waals surface area contributed by atoms with Crippen molar-refractivity contribution >= 4 is 11.8 Å². The molecule has 7 heteroatoms. The van der Waals surface area contributed by atoms with E-state index in [9.17, 15) is 9.59 Å². The van der Waals surface area contributed by atoms with Crippen LogP contribution in [-0.2, 0) is 16.1 Å². The molecular formula is C17H27N5O2. The Morgan fingerprint density at radius 3 is 2.71 bits per heavy atom. The van der Waals surface area contributed by atoms with Gasteiger partial charge in [-0.2, -0.15) is 5.10 Å². The lowest BCUT2D eigenvalue weighted by atomic mass is 10.1. The molecule has 2 aliphatic rings. The number of hydrogen-bond donors (Lipinski definition) is 1. The van der Waals surface area contributed by atoms with Crippen LogP contribution in [0.5, 0.6) is 0 Å². The van der Waals surface area contributed by atoms with Gasteiger partial charge in [0.1, 0.15) is 11.6 Å². The number of rotatable bonds is 6. The number of hydrogen-bond acceptors (Lipinski definition) is 4. The van der Waals surface area contributed by atoms with Crippen LogP contribution in [0.1, 0.15) is 50.2 Å². The van der Waals surface area contributed by atoms with Gasteiger partial charge in [-0.15, -0.1) is 0 Å². The van der Waals surface area contributed by atoms with Crippen LogP contribution in [0.3, 0.4) is 0 Å². The third-order valence-corrected chi connectivity index (χ3v) is 5.10. The standard InChI is InChI=1S/C17H27N5O2/c1-12-19-13(2)22(20-12)9-5-8-18-17(24)14-10-16(23)21(11-14)15-6-3-4-7-15/h14-15H,3-11H2,1-2H3,(H,18,24)/t14-/m0/s1. The number of aromatic nitrogens is 3. The minimum Gasteiger partial charge on any atom is -0.356 e. The highest BCUT2D eigenvalue weighted by Gasteiger charge is 2.38. The van der Waals surface area contributed by atoms with Gasteiger partial charge in [-0.25, -0.2) is 4.98 Å². The number of likely N-dealkylation sites (tertiary alicyclic amines) is 1. The number of nitrogens with one attached hydrogen (secondary N) is 1. The summed E-state index contributed by atoms with van der Waals surface area (Å²) in [7, 11) is 0. The molecule has 2 fully saturated rings. The molecule has 3 rings (SSSR count). The third kappa shape index (κ3) is 3.76. The number of carbonyl (C=O) groups is 2. The van der Waals surface area contributed by atoms with E-state index in [-0.39, 0.29) is 17.7 Å². The summed E-state index contributed by atoms with van der Waals surface area (Å²) in [5.41, 5.74) is 0. The zero-order valence-electron chi connectivity index (χ0n) is 14.6. The highest BCUT2D eigenvalue weighted by Crippen LogP contribution is 2.29. The quantitative estimate of drug-likeness (QED) is 0.793. The van der Waals surface area contributed by atoms with E-state index < -0.39 is 0 Å². The third-order valence-electron chi connectivity index (χ3n) is 5.10. The molecule has 1 saturated carbocycles. The molecule has 1 saturated heterocycles. The molecule has 2 heterocycles. The second kappa shape index (κ2) is 7.32. The van der Waals surface area contributed by atoms with E-state index in [1.54, 1.807) is 0 Å². The molecule has 24 heavy (non-hydrogen) atoms. The topological polar surface area (TPSA) is 80.1 Å². The minimum atomic E-state index is -0.187. The van der Waals surface area contributed by atoms with Crippen LogP contribution in [-0.4, -0.2) is 50.6 Å². The van der Waals surface area contributed by atoms with Crippen molar-refractivity contribution in [1.29, 1.82) is 0 Å². The molecule has 0 bridgehead atoms. The first-order chi connectivity index (χ1) is 11.5. The number of aryl methyl sites for hydroxylation is 3. The van der Waals surface area contributed by atoms with Gasteiger partial charge < -0.3 is 10.2 Å². The summed E-state index contributed by atoms with van der Waals surface area (Å²) in [6, 6.07) is 0.369. The summed E-state index contributed by atoms with van der Waals surface area (Å²) in [5.74, 6) is 1.64. The molecule has 2 amide bonds. The molecule has 132 valence electrons. The van der Waals surface area contributed by atoms with Crippen LogP contribution in [0.4, 0.5) is 0 Å². The first-order valence-electron chi connectivity index (χ1n) is 9.00. The number of carbonyl (C=O) groups excluding carboxylic acids is 2. The predicted molar refractivity (Wildman–Crippen MR) is 89.2 cm³/mol. The smallest absolute Gasteiger partial charge is 0.225 e. The van der Waals surface area contributed by atoms with Gasteiger partial charge in [0.25, 0.3) is 0 Å². The van der Waals surface area contributed by atoms with Crippen molar-refractivity contribution < 1.29 is 9.59 Å². The fraction of sp³-hybridized carbons (Fsp3) is 0.765. The van der Waals surface area contributed by atoms with Gasteiger partial charge in [0.2, 0.25) is 11.8 Å². The van der Waals surface area contributed by atoms with E-state index in [1.807, 2.05) is 23.4 Å². The lowest BCUT2D eigenvalue weighted by Gasteiger charge is -2.23. The summed E-state index contributed by atoms with van der Waals surface area (Å²) in [4.78, 5) is 30.7. The SMILES string of the molecule is Cc1nc(C)n(CCCNC(=O)[C@H]2CC(=O)N(C3CCCC3)C2)n1. The summed E-state index contributed by atoms with van der Waals surface area (Å²) >= 11 is 0. The van der Waals surface area contributed by atoms with Crippen molar-refractivity contribution in [2.45, 2.75) is 65.0 Å². The molecule has 0 aromatic carbocycles. The monoisotopic (exact) mass is 333 g/mol. The van der Waals surface area contributed by atoms with Gasteiger partial charge in [0.15, 0.2) is 0 Å². The van der Waals surface area contributed by atoms with Crippen LogP contribution in [0, 0.1) is 19.8 Å². The van der Waals surface area contributed by atoms with Crippen LogP contribution < -0.4 is 5.32 Å². The normalized spacial score (nSPS) is 21.7.